The van der Waals surface area contributed by atoms with Gasteiger partial charge < -0.3 is 14.8 Å². The quantitative estimate of drug-likeness (QED) is 0.892. The lowest BCUT2D eigenvalue weighted by atomic mass is 10.2. The third kappa shape index (κ3) is 2.79. The van der Waals surface area contributed by atoms with E-state index in [4.69, 9.17) is 9.52 Å². The molecule has 0 saturated heterocycles. The van der Waals surface area contributed by atoms with Gasteiger partial charge in [0.05, 0.1) is 5.56 Å². The van der Waals surface area contributed by atoms with E-state index in [2.05, 4.69) is 5.32 Å². The van der Waals surface area contributed by atoms with E-state index < -0.39 is 17.7 Å². The van der Waals surface area contributed by atoms with Gasteiger partial charge in [-0.15, -0.1) is 0 Å². The fourth-order valence-electron chi connectivity index (χ4n) is 1.43. The van der Waals surface area contributed by atoms with Gasteiger partial charge in [0.1, 0.15) is 12.1 Å². The Kier molecular flexibility index (Phi) is 3.33. The monoisotopic (exact) mass is 263 g/mol. The zero-order valence-corrected chi connectivity index (χ0v) is 9.94. The van der Waals surface area contributed by atoms with Crippen molar-refractivity contribution < 1.29 is 23.5 Å². The summed E-state index contributed by atoms with van der Waals surface area (Å²) in [5, 5.41) is 11.1. The highest BCUT2D eigenvalue weighted by Gasteiger charge is 2.15. The Hall–Kier alpha value is -2.63. The molecule has 1 amide bonds. The van der Waals surface area contributed by atoms with Gasteiger partial charge in [-0.3, -0.25) is 4.79 Å². The van der Waals surface area contributed by atoms with Crippen LogP contribution in [0, 0.1) is 12.7 Å². The molecule has 0 atom stereocenters. The van der Waals surface area contributed by atoms with E-state index in [0.717, 1.165) is 12.3 Å². The molecule has 6 heteroatoms. The standard InChI is InChI=1S/C13H10FNO4/c1-7-2-3-9(5-10(7)14)15-12(16)11-4-8(6-19-11)13(17)18/h2-6H,1H3,(H,15,16)(H,17,18). The highest BCUT2D eigenvalue weighted by molar-refractivity contribution is 6.03. The molecule has 1 aromatic heterocycles. The average molecular weight is 263 g/mol. The van der Waals surface area contributed by atoms with Crippen molar-refractivity contribution in [3.05, 3.63) is 53.2 Å². The normalized spacial score (nSPS) is 10.2. The predicted molar refractivity (Wildman–Crippen MR) is 64.8 cm³/mol. The second-order valence-corrected chi connectivity index (χ2v) is 3.92. The van der Waals surface area contributed by atoms with Crippen LogP contribution in [0.2, 0.25) is 0 Å². The average Bonchev–Trinajstić information content (AvgIpc) is 2.83. The van der Waals surface area contributed by atoms with Crippen LogP contribution in [0.4, 0.5) is 10.1 Å². The maximum atomic E-state index is 13.3. The van der Waals surface area contributed by atoms with E-state index in [-0.39, 0.29) is 17.0 Å². The van der Waals surface area contributed by atoms with Crippen LogP contribution in [0.3, 0.4) is 0 Å². The lowest BCUT2D eigenvalue weighted by Crippen LogP contribution is -2.11. The molecule has 1 heterocycles. The molecule has 19 heavy (non-hydrogen) atoms. The molecular weight excluding hydrogens is 253 g/mol. The number of carbonyl (C=O) groups excluding carboxylic acids is 1. The molecule has 5 nitrogen and oxygen atoms in total. The number of hydrogen-bond donors (Lipinski definition) is 2. The second kappa shape index (κ2) is 4.93. The first-order chi connectivity index (χ1) is 8.97. The van der Waals surface area contributed by atoms with E-state index in [9.17, 15) is 14.0 Å². The number of anilines is 1. The van der Waals surface area contributed by atoms with Crippen LogP contribution in [0.1, 0.15) is 26.5 Å². The number of carboxylic acids is 1. The number of benzene rings is 1. The van der Waals surface area contributed by atoms with Gasteiger partial charge in [-0.2, -0.15) is 0 Å². The molecule has 0 aliphatic carbocycles. The van der Waals surface area contributed by atoms with Crippen molar-refractivity contribution in [1.82, 2.24) is 0 Å². The van der Waals surface area contributed by atoms with Crippen molar-refractivity contribution >= 4 is 17.6 Å². The van der Waals surface area contributed by atoms with Crippen molar-refractivity contribution in [2.24, 2.45) is 0 Å². The summed E-state index contributed by atoms with van der Waals surface area (Å²) in [4.78, 5) is 22.4. The SMILES string of the molecule is Cc1ccc(NC(=O)c2cc(C(=O)O)co2)cc1F. The maximum Gasteiger partial charge on any atom is 0.338 e. The fourth-order valence-corrected chi connectivity index (χ4v) is 1.43. The van der Waals surface area contributed by atoms with E-state index in [1.54, 1.807) is 6.92 Å². The number of aryl methyl sites for hydroxylation is 1. The van der Waals surface area contributed by atoms with Crippen LogP contribution in [0.25, 0.3) is 0 Å². The van der Waals surface area contributed by atoms with E-state index in [0.29, 0.717) is 5.56 Å². The van der Waals surface area contributed by atoms with Crippen LogP contribution in [0.5, 0.6) is 0 Å². The molecule has 0 unspecified atom stereocenters. The van der Waals surface area contributed by atoms with Crippen LogP contribution in [-0.2, 0) is 0 Å². The second-order valence-electron chi connectivity index (χ2n) is 3.92. The Labute approximate surface area is 107 Å². The molecule has 2 aromatic rings. The zero-order chi connectivity index (χ0) is 14.0. The summed E-state index contributed by atoms with van der Waals surface area (Å²) < 4.78 is 18.1. The number of rotatable bonds is 3. The smallest absolute Gasteiger partial charge is 0.338 e. The molecule has 98 valence electrons. The lowest BCUT2D eigenvalue weighted by Gasteiger charge is -2.04. The minimum Gasteiger partial charge on any atom is -0.478 e. The number of carboxylic acid groups (broad SMARTS) is 1. The molecule has 0 fully saturated rings. The number of nitrogens with one attached hydrogen (secondary N) is 1. The molecule has 0 bridgehead atoms. The Morgan fingerprint density at radius 3 is 2.63 bits per heavy atom. The third-order valence-corrected chi connectivity index (χ3v) is 2.50. The maximum absolute atomic E-state index is 13.3. The molecule has 1 aromatic carbocycles. The number of carbonyl (C=O) groups is 2. The summed E-state index contributed by atoms with van der Waals surface area (Å²) in [7, 11) is 0. The Morgan fingerprint density at radius 1 is 1.32 bits per heavy atom. The van der Waals surface area contributed by atoms with Crippen molar-refractivity contribution in [1.29, 1.82) is 0 Å². The van der Waals surface area contributed by atoms with Gasteiger partial charge in [-0.1, -0.05) is 6.07 Å². The van der Waals surface area contributed by atoms with Crippen LogP contribution in [-0.4, -0.2) is 17.0 Å². The van der Waals surface area contributed by atoms with Gasteiger partial charge in [0.15, 0.2) is 5.76 Å². The fraction of sp³-hybridized carbons (Fsp3) is 0.0769. The number of amides is 1. The largest absolute Gasteiger partial charge is 0.478 e. The van der Waals surface area contributed by atoms with Crippen LogP contribution < -0.4 is 5.32 Å². The van der Waals surface area contributed by atoms with Crippen LogP contribution >= 0.6 is 0 Å². The summed E-state index contributed by atoms with van der Waals surface area (Å²) in [6.45, 7) is 1.60. The topological polar surface area (TPSA) is 79.5 Å². The van der Waals surface area contributed by atoms with Crippen molar-refractivity contribution in [2.45, 2.75) is 6.92 Å². The Bertz CT molecular complexity index is 648. The molecule has 0 aliphatic heterocycles. The van der Waals surface area contributed by atoms with E-state index in [1.165, 1.54) is 18.2 Å². The number of aromatic carboxylic acids is 1. The number of halogens is 1. The first-order valence-electron chi connectivity index (χ1n) is 5.36. The van der Waals surface area contributed by atoms with Gasteiger partial charge in [0.2, 0.25) is 0 Å². The zero-order valence-electron chi connectivity index (χ0n) is 9.94. The number of furan rings is 1. The minimum atomic E-state index is -1.19. The van der Waals surface area contributed by atoms with E-state index >= 15 is 0 Å². The van der Waals surface area contributed by atoms with E-state index in [1.807, 2.05) is 0 Å². The third-order valence-electron chi connectivity index (χ3n) is 2.50. The molecule has 2 rings (SSSR count). The van der Waals surface area contributed by atoms with Crippen molar-refractivity contribution in [2.75, 3.05) is 5.32 Å². The molecular formula is C13H10FNO4. The Morgan fingerprint density at radius 2 is 2.05 bits per heavy atom. The van der Waals surface area contributed by atoms with Crippen molar-refractivity contribution in [3.8, 4) is 0 Å². The Balaban J connectivity index is 2.15. The molecule has 0 saturated carbocycles. The summed E-state index contributed by atoms with van der Waals surface area (Å²) >= 11 is 0. The molecule has 0 aliphatic rings. The van der Waals surface area contributed by atoms with Crippen molar-refractivity contribution in [3.63, 3.8) is 0 Å². The molecule has 2 N–H and O–H groups in total. The first kappa shape index (κ1) is 12.8. The number of hydrogen-bond acceptors (Lipinski definition) is 3. The lowest BCUT2D eigenvalue weighted by molar-refractivity contribution is 0.0696. The van der Waals surface area contributed by atoms with Crippen LogP contribution in [0.15, 0.2) is 34.9 Å². The highest BCUT2D eigenvalue weighted by Crippen LogP contribution is 2.15. The molecule has 0 spiro atoms. The van der Waals surface area contributed by atoms with Gasteiger partial charge in [-0.25, -0.2) is 9.18 Å². The van der Waals surface area contributed by atoms with Gasteiger partial charge in [0.25, 0.3) is 5.91 Å². The summed E-state index contributed by atoms with van der Waals surface area (Å²) in [5.41, 5.74) is 0.603. The summed E-state index contributed by atoms with van der Waals surface area (Å²) in [6.07, 6.45) is 0.965. The molecule has 0 radical (unpaired) electrons. The summed E-state index contributed by atoms with van der Waals surface area (Å²) in [5.74, 6) is -2.43. The highest BCUT2D eigenvalue weighted by atomic mass is 19.1. The summed E-state index contributed by atoms with van der Waals surface area (Å²) in [6, 6.07) is 5.34. The van der Waals surface area contributed by atoms with Gasteiger partial charge in [-0.05, 0) is 24.6 Å². The van der Waals surface area contributed by atoms with Gasteiger partial charge >= 0.3 is 5.97 Å². The van der Waals surface area contributed by atoms with Gasteiger partial charge in [0, 0.05) is 11.8 Å². The predicted octanol–water partition coefficient (Wildman–Crippen LogP) is 2.68. The minimum absolute atomic E-state index is 0.125. The first-order valence-corrected chi connectivity index (χ1v) is 5.36.